The van der Waals surface area contributed by atoms with E-state index < -0.39 is 63.1 Å². The summed E-state index contributed by atoms with van der Waals surface area (Å²) in [5.41, 5.74) is -2.02. The lowest BCUT2D eigenvalue weighted by molar-refractivity contribution is -0.148. The van der Waals surface area contributed by atoms with E-state index in [4.69, 9.17) is 13.7 Å². The van der Waals surface area contributed by atoms with Crippen molar-refractivity contribution in [3.63, 3.8) is 0 Å². The number of carbonyl (C=O) groups excluding carboxylic acids is 4. The molecule has 9 atom stereocenters. The molecule has 0 bridgehead atoms. The zero-order valence-electron chi connectivity index (χ0n) is 27.1. The van der Waals surface area contributed by atoms with Crippen LogP contribution in [0.4, 0.5) is 4.79 Å². The third-order valence-electron chi connectivity index (χ3n) is 10.2. The van der Waals surface area contributed by atoms with Crippen LogP contribution in [-0.2, 0) is 38.2 Å². The predicted molar refractivity (Wildman–Crippen MR) is 170 cm³/mol. The average Bonchev–Trinajstić information content (AvgIpc) is 3.66. The first-order chi connectivity index (χ1) is 21.5. The third-order valence-corrected chi connectivity index (χ3v) is 12.1. The summed E-state index contributed by atoms with van der Waals surface area (Å²) < 4.78 is 43.3. The first-order valence-corrected chi connectivity index (χ1v) is 18.1. The number of methoxy groups -OCH3 is 1. The van der Waals surface area contributed by atoms with E-state index in [-0.39, 0.29) is 29.9 Å². The van der Waals surface area contributed by atoms with Gasteiger partial charge in [-0.1, -0.05) is 57.0 Å². The first kappa shape index (κ1) is 34.6. The Hall–Kier alpha value is -2.71. The fraction of sp³-hybridized carbons (Fsp3) is 0.688. The summed E-state index contributed by atoms with van der Waals surface area (Å²) in [6.07, 6.45) is 0.469. The Kier molecular flexibility index (Phi) is 9.57. The van der Waals surface area contributed by atoms with E-state index in [9.17, 15) is 27.6 Å². The van der Waals surface area contributed by atoms with Crippen LogP contribution in [0, 0.1) is 29.1 Å². The number of nitrogens with one attached hydrogen (secondary N) is 2. The Morgan fingerprint density at radius 1 is 1.07 bits per heavy atom. The minimum atomic E-state index is -4.25. The molecule has 3 aliphatic carbocycles. The molecule has 4 aliphatic rings. The Labute approximate surface area is 278 Å². The van der Waals surface area contributed by atoms with Crippen LogP contribution >= 0.6 is 15.9 Å². The third kappa shape index (κ3) is 6.94. The van der Waals surface area contributed by atoms with Crippen LogP contribution in [0.25, 0.3) is 0 Å². The molecule has 46 heavy (non-hydrogen) atoms. The van der Waals surface area contributed by atoms with Crippen molar-refractivity contribution in [2.75, 3.05) is 13.7 Å². The molecular weight excluding hydrogens is 682 g/mol. The molecule has 254 valence electrons. The molecule has 2 N–H and O–H groups in total. The molecule has 2 unspecified atom stereocenters. The van der Waals surface area contributed by atoms with Gasteiger partial charge in [0.25, 0.3) is 10.1 Å². The molecule has 0 spiro atoms. The summed E-state index contributed by atoms with van der Waals surface area (Å²) >= 11 is 3.28. The number of ether oxygens (including phenoxy) is 2. The van der Waals surface area contributed by atoms with E-state index in [1.807, 2.05) is 6.92 Å². The number of benzene rings is 1. The molecule has 1 saturated heterocycles. The van der Waals surface area contributed by atoms with Crippen molar-refractivity contribution in [1.29, 1.82) is 0 Å². The molecule has 1 aromatic carbocycles. The van der Waals surface area contributed by atoms with Crippen LogP contribution in [0.3, 0.4) is 0 Å². The van der Waals surface area contributed by atoms with Crippen molar-refractivity contribution in [1.82, 2.24) is 15.5 Å². The van der Waals surface area contributed by atoms with E-state index in [1.54, 1.807) is 32.9 Å². The lowest BCUT2D eigenvalue weighted by atomic mass is 9.85. The van der Waals surface area contributed by atoms with Crippen LogP contribution in [0.1, 0.15) is 66.7 Å². The van der Waals surface area contributed by atoms with E-state index in [2.05, 4.69) is 33.5 Å². The Bertz CT molecular complexity index is 1470. The zero-order valence-corrected chi connectivity index (χ0v) is 29.5. The number of hydrogen-bond acceptors (Lipinski definition) is 9. The van der Waals surface area contributed by atoms with Crippen LogP contribution in [0.15, 0.2) is 33.6 Å². The summed E-state index contributed by atoms with van der Waals surface area (Å²) in [6, 6.07) is 3.63. The van der Waals surface area contributed by atoms with Crippen molar-refractivity contribution in [2.24, 2.45) is 29.1 Å². The highest BCUT2D eigenvalue weighted by atomic mass is 79.9. The van der Waals surface area contributed by atoms with E-state index in [0.29, 0.717) is 35.1 Å². The lowest BCUT2D eigenvalue weighted by Gasteiger charge is -2.35. The number of amides is 3. The maximum atomic E-state index is 14.3. The highest BCUT2D eigenvalue weighted by Gasteiger charge is 2.62. The molecule has 0 aromatic heterocycles. The van der Waals surface area contributed by atoms with Gasteiger partial charge in [-0.25, -0.2) is 9.59 Å². The van der Waals surface area contributed by atoms with Gasteiger partial charge < -0.3 is 25.0 Å². The molecule has 1 heterocycles. The van der Waals surface area contributed by atoms with E-state index in [1.165, 1.54) is 24.1 Å². The fourth-order valence-corrected chi connectivity index (χ4v) is 8.63. The van der Waals surface area contributed by atoms with Gasteiger partial charge in [0.15, 0.2) is 0 Å². The van der Waals surface area contributed by atoms with Crippen LogP contribution in [0.5, 0.6) is 0 Å². The van der Waals surface area contributed by atoms with Crippen molar-refractivity contribution in [3.05, 3.63) is 28.7 Å². The summed E-state index contributed by atoms with van der Waals surface area (Å²) in [7, 11) is -3.00. The summed E-state index contributed by atoms with van der Waals surface area (Å²) in [4.78, 5) is 55.1. The summed E-state index contributed by atoms with van der Waals surface area (Å²) in [5.74, 6) is -0.146. The Morgan fingerprint density at radius 2 is 1.70 bits per heavy atom. The van der Waals surface area contributed by atoms with E-state index >= 15 is 0 Å². The highest BCUT2D eigenvalue weighted by molar-refractivity contribution is 9.10. The highest BCUT2D eigenvalue weighted by Crippen LogP contribution is 2.57. The van der Waals surface area contributed by atoms with E-state index in [0.717, 1.165) is 12.8 Å². The topological polar surface area (TPSA) is 157 Å². The van der Waals surface area contributed by atoms with Gasteiger partial charge in [-0.3, -0.25) is 13.8 Å². The van der Waals surface area contributed by atoms with Gasteiger partial charge in [-0.2, -0.15) is 8.42 Å². The minimum Gasteiger partial charge on any atom is -0.467 e. The molecule has 3 amide bonds. The lowest BCUT2D eigenvalue weighted by Crippen LogP contribution is -2.59. The van der Waals surface area contributed by atoms with Gasteiger partial charge in [-0.05, 0) is 72.6 Å². The number of halogens is 1. The predicted octanol–water partition coefficient (Wildman–Crippen LogP) is 3.77. The van der Waals surface area contributed by atoms with Gasteiger partial charge in [-0.15, -0.1) is 0 Å². The minimum absolute atomic E-state index is 0.0780. The monoisotopic (exact) mass is 725 g/mol. The summed E-state index contributed by atoms with van der Waals surface area (Å²) in [6.45, 7) is 9.20. The molecule has 5 rings (SSSR count). The normalized spacial score (nSPS) is 32.2. The second-order valence-corrected chi connectivity index (χ2v) is 16.7. The maximum absolute atomic E-state index is 14.3. The van der Waals surface area contributed by atoms with Crippen LogP contribution in [-0.4, -0.2) is 80.7 Å². The molecule has 3 saturated carbocycles. The van der Waals surface area contributed by atoms with Crippen molar-refractivity contribution in [2.45, 2.75) is 101 Å². The molecular formula is C32H44BrN3O9S. The SMILES string of the molecule is CC[C@@H]1C[C@]1(NC(=O)[C@@H]1C[C@@H](OS(=O)(=O)c2ccc(Br)cc2)CN1C(=O)[C@@H](NC(=O)OC1C[C@@H]2C(C)[C@@H]2C1)C(C)(C)C)C(=O)OC. The average molecular weight is 727 g/mol. The number of hydrogen-bond donors (Lipinski definition) is 2. The van der Waals surface area contributed by atoms with Crippen LogP contribution < -0.4 is 10.6 Å². The smallest absolute Gasteiger partial charge is 0.408 e. The van der Waals surface area contributed by atoms with Gasteiger partial charge in [0.05, 0.1) is 18.1 Å². The number of fused-ring (bicyclic) bond motifs is 1. The molecule has 1 aromatic rings. The quantitative estimate of drug-likeness (QED) is 0.271. The second kappa shape index (κ2) is 12.7. The van der Waals surface area contributed by atoms with Crippen molar-refractivity contribution in [3.8, 4) is 0 Å². The van der Waals surface area contributed by atoms with Gasteiger partial charge in [0, 0.05) is 17.4 Å². The largest absolute Gasteiger partial charge is 0.467 e. The molecule has 14 heteroatoms. The van der Waals surface area contributed by atoms with Crippen molar-refractivity contribution < 1.29 is 41.3 Å². The molecule has 1 aliphatic heterocycles. The van der Waals surface area contributed by atoms with Crippen LogP contribution in [0.2, 0.25) is 0 Å². The molecule has 4 fully saturated rings. The zero-order chi connectivity index (χ0) is 33.8. The molecule has 0 radical (unpaired) electrons. The van der Waals surface area contributed by atoms with Gasteiger partial charge in [0.2, 0.25) is 11.8 Å². The maximum Gasteiger partial charge on any atom is 0.408 e. The number of alkyl carbamates (subject to hydrolysis) is 1. The summed E-state index contributed by atoms with van der Waals surface area (Å²) in [5, 5.41) is 5.55. The van der Waals surface area contributed by atoms with Gasteiger partial charge in [0.1, 0.15) is 23.7 Å². The number of likely N-dealkylation sites (tertiary alicyclic amines) is 1. The fourth-order valence-electron chi connectivity index (χ4n) is 7.29. The second-order valence-electron chi connectivity index (χ2n) is 14.3. The number of esters is 1. The number of rotatable bonds is 10. The first-order valence-electron chi connectivity index (χ1n) is 15.9. The number of carbonyl (C=O) groups is 4. The standard InChI is InChI=1S/C32H44BrN3O9S/c1-7-18-15-32(18,29(39)43-6)35-27(37)25-14-21(45-46(41,42)22-10-8-19(33)9-11-22)16-36(25)28(38)26(31(3,4)5)34-30(40)44-20-12-23-17(2)24(23)13-20/h8-11,17-18,20-21,23-26H,7,12-16H2,1-6H3,(H,34,40)(H,35,37)/t17?,18-,20?,21-,23-,24+,25+,26-,32-/m1/s1. The number of nitrogens with zero attached hydrogens (tertiary/aromatic N) is 1. The van der Waals surface area contributed by atoms with Crippen molar-refractivity contribution >= 4 is 49.9 Å². The van der Waals surface area contributed by atoms with Gasteiger partial charge >= 0.3 is 12.1 Å². The Morgan fingerprint density at radius 3 is 2.24 bits per heavy atom. The molecule has 12 nitrogen and oxygen atoms in total. The Balaban J connectivity index is 1.36.